The fourth-order valence-electron chi connectivity index (χ4n) is 3.68. The Morgan fingerprint density at radius 2 is 1.12 bits per heavy atom. The average molecular weight is 362 g/mol. The Bertz CT molecular complexity index is 737. The first-order chi connectivity index (χ1) is 12.6. The van der Waals surface area contributed by atoms with Crippen LogP contribution < -0.4 is 5.73 Å². The van der Waals surface area contributed by atoms with Gasteiger partial charge in [0.15, 0.2) is 0 Å². The molecule has 0 fully saturated rings. The Hall–Kier alpha value is -2.49. The molecule has 0 spiro atoms. The van der Waals surface area contributed by atoms with Gasteiger partial charge in [0.05, 0.1) is 11.1 Å². The number of thiocarbonyl (C=S) groups is 1. The third-order valence-electron chi connectivity index (χ3n) is 4.78. The molecule has 0 amide bonds. The number of hydrogen-bond acceptors (Lipinski definition) is 2. The molecule has 3 rings (SSSR count). The molecule has 0 radical (unpaired) electrons. The van der Waals surface area contributed by atoms with Crippen molar-refractivity contribution in [3.63, 3.8) is 0 Å². The van der Waals surface area contributed by atoms with E-state index in [1.54, 1.807) is 0 Å². The number of rotatable bonds is 7. The Morgan fingerprint density at radius 1 is 0.769 bits per heavy atom. The highest BCUT2D eigenvalue weighted by Gasteiger charge is 2.38. The molecule has 3 aromatic carbocycles. The van der Waals surface area contributed by atoms with Gasteiger partial charge in [-0.25, -0.2) is 0 Å². The van der Waals surface area contributed by atoms with Crippen LogP contribution in [0.3, 0.4) is 0 Å². The summed E-state index contributed by atoms with van der Waals surface area (Å²) < 4.78 is 0. The summed E-state index contributed by atoms with van der Waals surface area (Å²) in [6.07, 6.45) is 0.180. The van der Waals surface area contributed by atoms with Crippen LogP contribution in [0, 0.1) is 0 Å². The van der Waals surface area contributed by atoms with Crippen LogP contribution in [0.15, 0.2) is 91.0 Å². The minimum Gasteiger partial charge on any atom is -0.393 e. The van der Waals surface area contributed by atoms with Crippen molar-refractivity contribution in [2.45, 2.75) is 24.4 Å². The number of benzene rings is 3. The van der Waals surface area contributed by atoms with E-state index < -0.39 is 11.5 Å². The summed E-state index contributed by atoms with van der Waals surface area (Å²) in [7, 11) is 0. The van der Waals surface area contributed by atoms with Gasteiger partial charge in [0.2, 0.25) is 0 Å². The second-order valence-electron chi connectivity index (χ2n) is 6.53. The second kappa shape index (κ2) is 8.26. The molecule has 0 aliphatic carbocycles. The van der Waals surface area contributed by atoms with Gasteiger partial charge in [-0.1, -0.05) is 103 Å². The first-order valence-electron chi connectivity index (χ1n) is 8.76. The van der Waals surface area contributed by atoms with E-state index in [1.807, 2.05) is 54.6 Å². The maximum Gasteiger partial charge on any atom is 0.0753 e. The molecule has 1 atom stereocenters. The fraction of sp³-hybridized carbons (Fsp3) is 0.174. The molecule has 0 aromatic heterocycles. The summed E-state index contributed by atoms with van der Waals surface area (Å²) in [5.74, 6) is 0. The van der Waals surface area contributed by atoms with Crippen molar-refractivity contribution >= 4 is 17.2 Å². The summed E-state index contributed by atoms with van der Waals surface area (Å²) in [6, 6.07) is 31.0. The molecular formula is C23H23NOS. The SMILES string of the molecule is NC(=S)CC(O)CC(c1ccccc1)(c1ccccc1)c1ccccc1. The Balaban J connectivity index is 2.23. The van der Waals surface area contributed by atoms with Crippen molar-refractivity contribution in [2.75, 3.05) is 0 Å². The molecule has 3 heteroatoms. The lowest BCUT2D eigenvalue weighted by atomic mass is 9.66. The van der Waals surface area contributed by atoms with E-state index in [-0.39, 0.29) is 0 Å². The van der Waals surface area contributed by atoms with Crippen molar-refractivity contribution < 1.29 is 5.11 Å². The predicted molar refractivity (Wildman–Crippen MR) is 111 cm³/mol. The summed E-state index contributed by atoms with van der Waals surface area (Å²) in [4.78, 5) is 0.334. The lowest BCUT2D eigenvalue weighted by molar-refractivity contribution is 0.154. The van der Waals surface area contributed by atoms with Crippen molar-refractivity contribution in [1.82, 2.24) is 0 Å². The molecule has 0 saturated heterocycles. The number of hydrogen-bond donors (Lipinski definition) is 2. The normalized spacial score (nSPS) is 12.5. The van der Waals surface area contributed by atoms with Gasteiger partial charge in [-0.2, -0.15) is 0 Å². The Morgan fingerprint density at radius 3 is 1.42 bits per heavy atom. The van der Waals surface area contributed by atoms with E-state index in [2.05, 4.69) is 36.4 Å². The van der Waals surface area contributed by atoms with E-state index in [0.717, 1.165) is 16.7 Å². The summed E-state index contributed by atoms with van der Waals surface area (Å²) >= 11 is 5.03. The van der Waals surface area contributed by atoms with Gasteiger partial charge in [0, 0.05) is 11.8 Å². The van der Waals surface area contributed by atoms with Crippen LogP contribution in [0.1, 0.15) is 29.5 Å². The zero-order valence-electron chi connectivity index (χ0n) is 14.6. The standard InChI is InChI=1S/C23H23NOS/c24-22(26)16-21(25)17-23(18-10-4-1-5-11-18,19-12-6-2-7-13-19)20-14-8-3-9-15-20/h1-15,21,25H,16-17H2,(H2,24,26). The number of aliphatic hydroxyl groups is 1. The van der Waals surface area contributed by atoms with Crippen LogP contribution >= 0.6 is 12.2 Å². The number of aliphatic hydroxyl groups excluding tert-OH is 1. The largest absolute Gasteiger partial charge is 0.393 e. The molecule has 0 saturated carbocycles. The van der Waals surface area contributed by atoms with Gasteiger partial charge >= 0.3 is 0 Å². The zero-order chi connectivity index (χ0) is 18.4. The lowest BCUT2D eigenvalue weighted by Gasteiger charge is -2.37. The van der Waals surface area contributed by atoms with Crippen molar-refractivity contribution in [1.29, 1.82) is 0 Å². The van der Waals surface area contributed by atoms with Crippen LogP contribution in [0.2, 0.25) is 0 Å². The lowest BCUT2D eigenvalue weighted by Crippen LogP contribution is -2.35. The minimum absolute atomic E-state index is 0.309. The first kappa shape index (κ1) is 18.3. The maximum atomic E-state index is 10.8. The Labute approximate surface area is 160 Å². The van der Waals surface area contributed by atoms with Crippen molar-refractivity contribution in [3.8, 4) is 0 Å². The molecule has 26 heavy (non-hydrogen) atoms. The Kier molecular flexibility index (Phi) is 5.82. The van der Waals surface area contributed by atoms with Crippen LogP contribution in [0.25, 0.3) is 0 Å². The molecular weight excluding hydrogens is 338 g/mol. The van der Waals surface area contributed by atoms with Gasteiger partial charge in [0.25, 0.3) is 0 Å². The first-order valence-corrected chi connectivity index (χ1v) is 9.16. The van der Waals surface area contributed by atoms with Gasteiger partial charge < -0.3 is 10.8 Å². The monoisotopic (exact) mass is 361 g/mol. The van der Waals surface area contributed by atoms with E-state index in [0.29, 0.717) is 17.8 Å². The molecule has 3 N–H and O–H groups in total. The van der Waals surface area contributed by atoms with Crippen LogP contribution in [0.5, 0.6) is 0 Å². The maximum absolute atomic E-state index is 10.8. The van der Waals surface area contributed by atoms with Gasteiger partial charge in [0.1, 0.15) is 0 Å². The minimum atomic E-state index is -0.631. The highest BCUT2D eigenvalue weighted by molar-refractivity contribution is 7.80. The topological polar surface area (TPSA) is 46.2 Å². The van der Waals surface area contributed by atoms with Crippen LogP contribution in [-0.4, -0.2) is 16.2 Å². The van der Waals surface area contributed by atoms with Crippen molar-refractivity contribution in [3.05, 3.63) is 108 Å². The molecule has 0 aliphatic rings. The summed E-state index contributed by atoms with van der Waals surface area (Å²) in [5, 5.41) is 10.8. The highest BCUT2D eigenvalue weighted by Crippen LogP contribution is 2.43. The zero-order valence-corrected chi connectivity index (χ0v) is 15.4. The van der Waals surface area contributed by atoms with E-state index >= 15 is 0 Å². The molecule has 0 aliphatic heterocycles. The predicted octanol–water partition coefficient (Wildman–Crippen LogP) is 4.45. The van der Waals surface area contributed by atoms with E-state index in [4.69, 9.17) is 18.0 Å². The van der Waals surface area contributed by atoms with Gasteiger partial charge in [-0.15, -0.1) is 0 Å². The second-order valence-corrected chi connectivity index (χ2v) is 7.06. The average Bonchev–Trinajstić information content (AvgIpc) is 2.67. The number of nitrogens with two attached hydrogens (primary N) is 1. The molecule has 1 unspecified atom stereocenters. The van der Waals surface area contributed by atoms with E-state index in [1.165, 1.54) is 0 Å². The van der Waals surface area contributed by atoms with Crippen LogP contribution in [-0.2, 0) is 5.41 Å². The molecule has 0 bridgehead atoms. The fourth-order valence-corrected chi connectivity index (χ4v) is 3.87. The van der Waals surface area contributed by atoms with Crippen LogP contribution in [0.4, 0.5) is 0 Å². The highest BCUT2D eigenvalue weighted by atomic mass is 32.1. The smallest absolute Gasteiger partial charge is 0.0753 e. The van der Waals surface area contributed by atoms with Crippen molar-refractivity contribution in [2.24, 2.45) is 5.73 Å². The van der Waals surface area contributed by atoms with E-state index in [9.17, 15) is 5.11 Å². The van der Waals surface area contributed by atoms with Gasteiger partial charge in [-0.05, 0) is 23.1 Å². The third-order valence-corrected chi connectivity index (χ3v) is 4.95. The summed E-state index contributed by atoms with van der Waals surface area (Å²) in [5.41, 5.74) is 8.64. The third kappa shape index (κ3) is 3.85. The molecule has 2 nitrogen and oxygen atoms in total. The summed E-state index contributed by atoms with van der Waals surface area (Å²) in [6.45, 7) is 0. The quantitative estimate of drug-likeness (QED) is 0.483. The molecule has 3 aromatic rings. The molecule has 0 heterocycles. The molecule has 132 valence electrons. The van der Waals surface area contributed by atoms with Gasteiger partial charge in [-0.3, -0.25) is 0 Å².